The van der Waals surface area contributed by atoms with Gasteiger partial charge >= 0.3 is 6.18 Å². The summed E-state index contributed by atoms with van der Waals surface area (Å²) in [6, 6.07) is 51.9. The molecule has 0 unspecified atom stereocenters. The number of nitrogens with one attached hydrogen (secondary N) is 1. The number of aromatic amines is 1. The number of aromatic nitrogens is 5. The Morgan fingerprint density at radius 3 is 2.10 bits per heavy atom. The molecule has 0 aliphatic heterocycles. The number of para-hydroxylation sites is 4. The van der Waals surface area contributed by atoms with Gasteiger partial charge in [-0.3, -0.25) is 9.13 Å². The zero-order chi connectivity index (χ0) is 40.0. The molecule has 0 radical (unpaired) electrons. The van der Waals surface area contributed by atoms with Crippen LogP contribution < -0.4 is 0 Å². The number of pyridine rings is 1. The first-order valence-corrected chi connectivity index (χ1v) is 19.5. The van der Waals surface area contributed by atoms with E-state index in [1.165, 1.54) is 6.20 Å². The third kappa shape index (κ3) is 5.47. The Hall–Kier alpha value is -7.45. The molecule has 4 heterocycles. The average molecular weight is 774 g/mol. The van der Waals surface area contributed by atoms with Gasteiger partial charge in [0.2, 0.25) is 0 Å². The first kappa shape index (κ1) is 34.8. The zero-order valence-electron chi connectivity index (χ0n) is 32.0. The molecule has 1 N–H and O–H groups in total. The minimum atomic E-state index is -4.53. The predicted octanol–water partition coefficient (Wildman–Crippen LogP) is 13.8. The van der Waals surface area contributed by atoms with Crippen molar-refractivity contribution in [2.24, 2.45) is 0 Å². The van der Waals surface area contributed by atoms with Gasteiger partial charge in [0.25, 0.3) is 0 Å². The number of rotatable bonds is 5. The predicted molar refractivity (Wildman–Crippen MR) is 233 cm³/mol. The summed E-state index contributed by atoms with van der Waals surface area (Å²) >= 11 is 0. The van der Waals surface area contributed by atoms with E-state index in [4.69, 9.17) is 4.98 Å². The monoisotopic (exact) mass is 773 g/mol. The number of nitrogens with zero attached hydrogens (tertiary/aromatic N) is 4. The van der Waals surface area contributed by atoms with Crippen LogP contribution in [0.1, 0.15) is 16.7 Å². The van der Waals surface area contributed by atoms with Gasteiger partial charge < -0.3 is 4.98 Å². The van der Waals surface area contributed by atoms with Gasteiger partial charge in [-0.2, -0.15) is 13.2 Å². The smallest absolute Gasteiger partial charge is 0.354 e. The fourth-order valence-corrected chi connectivity index (χ4v) is 8.99. The summed E-state index contributed by atoms with van der Waals surface area (Å²) < 4.78 is 46.5. The molecule has 0 aliphatic carbocycles. The van der Waals surface area contributed by atoms with Crippen LogP contribution in [-0.4, -0.2) is 24.1 Å². The van der Waals surface area contributed by atoms with Crippen molar-refractivity contribution >= 4 is 54.6 Å². The van der Waals surface area contributed by atoms with Crippen LogP contribution in [-0.2, 0) is 6.18 Å². The molecule has 4 aromatic heterocycles. The lowest BCUT2D eigenvalue weighted by molar-refractivity contribution is -0.137. The molecule has 5 nitrogen and oxygen atoms in total. The summed E-state index contributed by atoms with van der Waals surface area (Å²) in [6.45, 7) is 4.20. The molecule has 0 saturated carbocycles. The van der Waals surface area contributed by atoms with Gasteiger partial charge in [-0.15, -0.1) is 0 Å². The summed E-state index contributed by atoms with van der Waals surface area (Å²) in [4.78, 5) is 13.7. The first-order chi connectivity index (χ1) is 28.7. The van der Waals surface area contributed by atoms with Crippen LogP contribution in [0.25, 0.3) is 99.8 Å². The quantitative estimate of drug-likeness (QED) is 0.189. The van der Waals surface area contributed by atoms with Crippen molar-refractivity contribution in [2.45, 2.75) is 20.0 Å². The lowest BCUT2D eigenvalue weighted by Crippen LogP contribution is -2.07. The van der Waals surface area contributed by atoms with Crippen LogP contribution >= 0.6 is 0 Å². The van der Waals surface area contributed by atoms with Crippen LogP contribution in [0.15, 0.2) is 164 Å². The van der Waals surface area contributed by atoms with Gasteiger partial charge in [-0.05, 0) is 102 Å². The second-order valence-electron chi connectivity index (χ2n) is 15.1. The number of alkyl halides is 3. The third-order valence-corrected chi connectivity index (χ3v) is 11.6. The van der Waals surface area contributed by atoms with Crippen LogP contribution in [0.2, 0.25) is 0 Å². The van der Waals surface area contributed by atoms with Gasteiger partial charge in [0, 0.05) is 50.1 Å². The van der Waals surface area contributed by atoms with Crippen molar-refractivity contribution < 1.29 is 13.2 Å². The van der Waals surface area contributed by atoms with Crippen LogP contribution in [0, 0.1) is 13.8 Å². The molecule has 0 bridgehead atoms. The second kappa shape index (κ2) is 13.0. The normalized spacial score (nSPS) is 12.2. The van der Waals surface area contributed by atoms with Crippen molar-refractivity contribution in [1.82, 2.24) is 24.1 Å². The second-order valence-corrected chi connectivity index (χ2v) is 15.1. The minimum absolute atomic E-state index is 0.192. The van der Waals surface area contributed by atoms with Crippen molar-refractivity contribution in [3.8, 4) is 45.1 Å². The lowest BCUT2D eigenvalue weighted by Gasteiger charge is -2.12. The maximum atomic E-state index is 14.2. The Labute approximate surface area is 336 Å². The molecular formula is C51H34F3N5. The average Bonchev–Trinajstić information content (AvgIpc) is 3.93. The summed E-state index contributed by atoms with van der Waals surface area (Å²) in [5.74, 6) is 0.982. The molecule has 0 amide bonds. The summed E-state index contributed by atoms with van der Waals surface area (Å²) in [5, 5.41) is 4.09. The molecule has 11 aromatic rings. The third-order valence-electron chi connectivity index (χ3n) is 11.6. The largest absolute Gasteiger partial charge is 0.416 e. The van der Waals surface area contributed by atoms with Gasteiger partial charge in [0.1, 0.15) is 11.6 Å². The van der Waals surface area contributed by atoms with E-state index >= 15 is 0 Å². The molecule has 0 atom stereocenters. The minimum Gasteiger partial charge on any atom is -0.354 e. The number of aryl methyl sites for hydroxylation is 2. The number of H-pyrrole nitrogens is 1. The molecule has 0 aliphatic rings. The Kier molecular flexibility index (Phi) is 7.69. The van der Waals surface area contributed by atoms with E-state index in [9.17, 15) is 13.2 Å². The molecule has 11 rings (SSSR count). The molecule has 8 heteroatoms. The molecular weight excluding hydrogens is 740 g/mol. The number of benzene rings is 7. The molecule has 0 spiro atoms. The van der Waals surface area contributed by atoms with E-state index in [0.29, 0.717) is 0 Å². The highest BCUT2D eigenvalue weighted by atomic mass is 19.4. The van der Waals surface area contributed by atoms with Crippen LogP contribution in [0.4, 0.5) is 13.2 Å². The van der Waals surface area contributed by atoms with Gasteiger partial charge in [-0.1, -0.05) is 97.1 Å². The fourth-order valence-electron chi connectivity index (χ4n) is 8.99. The van der Waals surface area contributed by atoms with E-state index in [1.54, 1.807) is 0 Å². The number of imidazole rings is 1. The fraction of sp³-hybridized carbons (Fsp3) is 0.0588. The van der Waals surface area contributed by atoms with E-state index in [2.05, 4.69) is 125 Å². The van der Waals surface area contributed by atoms with Crippen molar-refractivity contribution in [2.75, 3.05) is 0 Å². The number of hydrogen-bond acceptors (Lipinski definition) is 2. The highest BCUT2D eigenvalue weighted by Crippen LogP contribution is 2.42. The van der Waals surface area contributed by atoms with E-state index in [0.717, 1.165) is 117 Å². The maximum Gasteiger partial charge on any atom is 0.416 e. The van der Waals surface area contributed by atoms with Crippen LogP contribution in [0.3, 0.4) is 0 Å². The Morgan fingerprint density at radius 2 is 1.27 bits per heavy atom. The van der Waals surface area contributed by atoms with Gasteiger partial charge in [0.05, 0.1) is 33.1 Å². The van der Waals surface area contributed by atoms with E-state index < -0.39 is 11.7 Å². The standard InChI is InChI=1S/C51H34F3N5/c1-30-11-8-12-31(2)47(30)33-22-24-43-41(27-33)38-23-21-32(28-45(38)59(43)46-29-34(25-26-55-46)51(52,53)54)36-16-10-20-44-49(36)57-50(58(44)35-13-4-3-5-14-35)40-18-9-17-39-37-15-6-7-19-42(37)56-48(39)40/h3-29,56H,1-2H3. The highest BCUT2D eigenvalue weighted by molar-refractivity contribution is 6.13. The Balaban J connectivity index is 1.17. The molecule has 59 heavy (non-hydrogen) atoms. The van der Waals surface area contributed by atoms with Crippen molar-refractivity contribution in [3.05, 3.63) is 181 Å². The number of fused-ring (bicyclic) bond motifs is 7. The van der Waals surface area contributed by atoms with Crippen LogP contribution in [0.5, 0.6) is 0 Å². The number of hydrogen-bond donors (Lipinski definition) is 1. The first-order valence-electron chi connectivity index (χ1n) is 19.5. The summed E-state index contributed by atoms with van der Waals surface area (Å²) in [6.07, 6.45) is -3.30. The summed E-state index contributed by atoms with van der Waals surface area (Å²) in [5.41, 5.74) is 12.7. The topological polar surface area (TPSA) is 51.4 Å². The van der Waals surface area contributed by atoms with E-state index in [1.807, 2.05) is 53.1 Å². The maximum absolute atomic E-state index is 14.2. The lowest BCUT2D eigenvalue weighted by atomic mass is 9.94. The zero-order valence-corrected chi connectivity index (χ0v) is 32.0. The van der Waals surface area contributed by atoms with E-state index in [-0.39, 0.29) is 5.82 Å². The van der Waals surface area contributed by atoms with Gasteiger partial charge in [-0.25, -0.2) is 9.97 Å². The Morgan fingerprint density at radius 1 is 0.542 bits per heavy atom. The highest BCUT2D eigenvalue weighted by Gasteiger charge is 2.31. The molecule has 0 fully saturated rings. The molecule has 0 saturated heterocycles. The Bertz CT molecular complexity index is 3440. The van der Waals surface area contributed by atoms with Gasteiger partial charge in [0.15, 0.2) is 0 Å². The number of halogens is 3. The van der Waals surface area contributed by atoms with Crippen molar-refractivity contribution in [3.63, 3.8) is 0 Å². The molecule has 7 aromatic carbocycles. The SMILES string of the molecule is Cc1cccc(C)c1-c1ccc2c(c1)c1ccc(-c3cccc4c3nc(-c3cccc5c3[nH]c3ccccc35)n4-c3ccccc3)cc1n2-c1cc(C(F)(F)F)ccn1. The summed E-state index contributed by atoms with van der Waals surface area (Å²) in [7, 11) is 0. The molecule has 284 valence electrons. The van der Waals surface area contributed by atoms with Crippen molar-refractivity contribution in [1.29, 1.82) is 0 Å².